The second-order valence-corrected chi connectivity index (χ2v) is 5.33. The molecule has 114 valence electrons. The van der Waals surface area contributed by atoms with E-state index in [2.05, 4.69) is 10.5 Å². The van der Waals surface area contributed by atoms with Crippen LogP contribution in [-0.2, 0) is 4.79 Å². The van der Waals surface area contributed by atoms with Crippen LogP contribution in [0.5, 0.6) is 5.75 Å². The van der Waals surface area contributed by atoms with Crippen LogP contribution in [0.4, 0.5) is 0 Å². The summed E-state index contributed by atoms with van der Waals surface area (Å²) in [4.78, 5) is 11.6. The Hall–Kier alpha value is -2.04. The number of nitrogens with zero attached hydrogens (tertiary/aromatic N) is 1. The van der Waals surface area contributed by atoms with E-state index in [1.165, 1.54) is 6.21 Å². The van der Waals surface area contributed by atoms with Crippen molar-refractivity contribution in [3.8, 4) is 5.75 Å². The molecule has 4 nitrogen and oxygen atoms in total. The largest absolute Gasteiger partial charge is 0.484 e. The van der Waals surface area contributed by atoms with Gasteiger partial charge in [0.15, 0.2) is 6.61 Å². The first kappa shape index (κ1) is 16.3. The second-order valence-electron chi connectivity index (χ2n) is 4.51. The van der Waals surface area contributed by atoms with Gasteiger partial charge in [0.1, 0.15) is 5.75 Å². The number of ether oxygens (including phenoxy) is 1. The van der Waals surface area contributed by atoms with Gasteiger partial charge in [0.2, 0.25) is 0 Å². The van der Waals surface area contributed by atoms with Crippen LogP contribution in [0.3, 0.4) is 0 Å². The molecule has 1 N–H and O–H groups in total. The second kappa shape index (κ2) is 7.82. The van der Waals surface area contributed by atoms with E-state index in [4.69, 9.17) is 27.9 Å². The third kappa shape index (κ3) is 4.76. The lowest BCUT2D eigenvalue weighted by Gasteiger charge is -2.06. The first-order valence-electron chi connectivity index (χ1n) is 6.51. The van der Waals surface area contributed by atoms with Crippen LogP contribution in [0.15, 0.2) is 47.6 Å². The standard InChI is InChI=1S/C16H14Cl2N2O2/c1-11-8-13(6-7-14(11)17)22-10-16(21)20-19-9-12-4-2-3-5-15(12)18/h2-9H,10H2,1H3,(H,20,21)/b19-9+. The van der Waals surface area contributed by atoms with Gasteiger partial charge in [0.25, 0.3) is 5.91 Å². The number of nitrogens with one attached hydrogen (secondary N) is 1. The van der Waals surface area contributed by atoms with Gasteiger partial charge < -0.3 is 4.74 Å². The lowest BCUT2D eigenvalue weighted by molar-refractivity contribution is -0.123. The van der Waals surface area contributed by atoms with Crippen LogP contribution in [0.1, 0.15) is 11.1 Å². The first-order valence-corrected chi connectivity index (χ1v) is 7.27. The minimum atomic E-state index is -0.365. The minimum Gasteiger partial charge on any atom is -0.484 e. The van der Waals surface area contributed by atoms with Crippen molar-refractivity contribution < 1.29 is 9.53 Å². The Balaban J connectivity index is 1.83. The zero-order valence-corrected chi connectivity index (χ0v) is 13.4. The number of amides is 1. The Labute approximate surface area is 138 Å². The van der Waals surface area contributed by atoms with Crippen molar-refractivity contribution in [3.05, 3.63) is 63.6 Å². The van der Waals surface area contributed by atoms with Crippen molar-refractivity contribution in [1.82, 2.24) is 5.43 Å². The van der Waals surface area contributed by atoms with E-state index >= 15 is 0 Å². The summed E-state index contributed by atoms with van der Waals surface area (Å²) in [5.74, 6) is 0.211. The third-order valence-electron chi connectivity index (χ3n) is 2.80. The van der Waals surface area contributed by atoms with Crippen molar-refractivity contribution in [3.63, 3.8) is 0 Å². The van der Waals surface area contributed by atoms with E-state index < -0.39 is 0 Å². The molecule has 0 aliphatic rings. The molecule has 0 heterocycles. The summed E-state index contributed by atoms with van der Waals surface area (Å²) in [5.41, 5.74) is 3.98. The van der Waals surface area contributed by atoms with E-state index in [9.17, 15) is 4.79 Å². The highest BCUT2D eigenvalue weighted by atomic mass is 35.5. The molecule has 0 aliphatic carbocycles. The van der Waals surface area contributed by atoms with Gasteiger partial charge in [-0.3, -0.25) is 4.79 Å². The summed E-state index contributed by atoms with van der Waals surface area (Å²) in [5, 5.41) is 5.05. The van der Waals surface area contributed by atoms with E-state index in [1.807, 2.05) is 19.1 Å². The molecular weight excluding hydrogens is 323 g/mol. The maximum Gasteiger partial charge on any atom is 0.277 e. The molecule has 1 amide bonds. The number of carbonyl (C=O) groups is 1. The number of carbonyl (C=O) groups excluding carboxylic acids is 1. The van der Waals surface area contributed by atoms with E-state index in [-0.39, 0.29) is 12.5 Å². The number of aryl methyl sites for hydroxylation is 1. The molecule has 0 bridgehead atoms. The molecule has 0 fully saturated rings. The highest BCUT2D eigenvalue weighted by molar-refractivity contribution is 6.33. The molecule has 22 heavy (non-hydrogen) atoms. The SMILES string of the molecule is Cc1cc(OCC(=O)N/N=C/c2ccccc2Cl)ccc1Cl. The number of rotatable bonds is 5. The quantitative estimate of drug-likeness (QED) is 0.666. The lowest BCUT2D eigenvalue weighted by Crippen LogP contribution is -2.24. The molecule has 6 heteroatoms. The predicted molar refractivity (Wildman–Crippen MR) is 88.9 cm³/mol. The number of hydrazone groups is 1. The fraction of sp³-hybridized carbons (Fsp3) is 0.125. The van der Waals surface area contributed by atoms with Crippen molar-refractivity contribution in [2.45, 2.75) is 6.92 Å². The van der Waals surface area contributed by atoms with Gasteiger partial charge in [-0.25, -0.2) is 5.43 Å². The van der Waals surface area contributed by atoms with E-state index in [0.29, 0.717) is 15.8 Å². The van der Waals surface area contributed by atoms with Gasteiger partial charge in [0.05, 0.1) is 6.21 Å². The fourth-order valence-electron chi connectivity index (χ4n) is 1.64. The summed E-state index contributed by atoms with van der Waals surface area (Å²) < 4.78 is 5.36. The predicted octanol–water partition coefficient (Wildman–Crippen LogP) is 3.83. The zero-order valence-electron chi connectivity index (χ0n) is 11.8. The van der Waals surface area contributed by atoms with Gasteiger partial charge in [-0.1, -0.05) is 41.4 Å². The molecule has 0 saturated carbocycles. The smallest absolute Gasteiger partial charge is 0.277 e. The minimum absolute atomic E-state index is 0.138. The number of benzene rings is 2. The third-order valence-corrected chi connectivity index (χ3v) is 3.57. The molecule has 0 spiro atoms. The molecule has 0 aliphatic heterocycles. The number of hydrogen-bond donors (Lipinski definition) is 1. The Kier molecular flexibility index (Phi) is 5.81. The van der Waals surface area contributed by atoms with Crippen LogP contribution in [0.2, 0.25) is 10.0 Å². The lowest BCUT2D eigenvalue weighted by atomic mass is 10.2. The van der Waals surface area contributed by atoms with Crippen LogP contribution in [0, 0.1) is 6.92 Å². The monoisotopic (exact) mass is 336 g/mol. The Bertz CT molecular complexity index is 702. The topological polar surface area (TPSA) is 50.7 Å². The highest BCUT2D eigenvalue weighted by Gasteiger charge is 2.03. The van der Waals surface area contributed by atoms with Crippen molar-refractivity contribution in [2.75, 3.05) is 6.61 Å². The average Bonchev–Trinajstić information content (AvgIpc) is 2.50. The molecule has 0 atom stereocenters. The molecular formula is C16H14Cl2N2O2. The normalized spacial score (nSPS) is 10.7. The van der Waals surface area contributed by atoms with Crippen LogP contribution in [-0.4, -0.2) is 18.7 Å². The number of halogens is 2. The number of hydrogen-bond acceptors (Lipinski definition) is 3. The van der Waals surface area contributed by atoms with Gasteiger partial charge >= 0.3 is 0 Å². The van der Waals surface area contributed by atoms with Crippen molar-refractivity contribution in [2.24, 2.45) is 5.10 Å². The molecule has 2 aromatic carbocycles. The fourth-order valence-corrected chi connectivity index (χ4v) is 1.94. The van der Waals surface area contributed by atoms with E-state index in [0.717, 1.165) is 11.1 Å². The maximum absolute atomic E-state index is 11.6. The van der Waals surface area contributed by atoms with Crippen LogP contribution in [0.25, 0.3) is 0 Å². The molecule has 2 aromatic rings. The Morgan fingerprint density at radius 3 is 2.73 bits per heavy atom. The Morgan fingerprint density at radius 2 is 2.00 bits per heavy atom. The molecule has 2 rings (SSSR count). The molecule has 0 aromatic heterocycles. The average molecular weight is 337 g/mol. The molecule has 0 radical (unpaired) electrons. The summed E-state index contributed by atoms with van der Waals surface area (Å²) >= 11 is 11.9. The Morgan fingerprint density at radius 1 is 1.23 bits per heavy atom. The summed E-state index contributed by atoms with van der Waals surface area (Å²) in [7, 11) is 0. The van der Waals surface area contributed by atoms with Gasteiger partial charge in [-0.15, -0.1) is 0 Å². The first-order chi connectivity index (χ1) is 10.6. The van der Waals surface area contributed by atoms with Gasteiger partial charge in [0, 0.05) is 15.6 Å². The van der Waals surface area contributed by atoms with E-state index in [1.54, 1.807) is 30.3 Å². The van der Waals surface area contributed by atoms with Gasteiger partial charge in [-0.05, 0) is 36.8 Å². The molecule has 0 unspecified atom stereocenters. The summed E-state index contributed by atoms with van der Waals surface area (Å²) in [6.45, 7) is 1.73. The maximum atomic E-state index is 11.6. The van der Waals surface area contributed by atoms with Crippen molar-refractivity contribution in [1.29, 1.82) is 0 Å². The zero-order chi connectivity index (χ0) is 15.9. The highest BCUT2D eigenvalue weighted by Crippen LogP contribution is 2.20. The van der Waals surface area contributed by atoms with Gasteiger partial charge in [-0.2, -0.15) is 5.10 Å². The molecule has 0 saturated heterocycles. The van der Waals surface area contributed by atoms with Crippen LogP contribution >= 0.6 is 23.2 Å². The van der Waals surface area contributed by atoms with Crippen LogP contribution < -0.4 is 10.2 Å². The summed E-state index contributed by atoms with van der Waals surface area (Å²) in [6.07, 6.45) is 1.48. The van der Waals surface area contributed by atoms with Crippen molar-refractivity contribution >= 4 is 35.3 Å². The summed E-state index contributed by atoms with van der Waals surface area (Å²) in [6, 6.07) is 12.4.